The van der Waals surface area contributed by atoms with Crippen LogP contribution in [0.5, 0.6) is 0 Å². The first-order valence-corrected chi connectivity index (χ1v) is 6.76. The van der Waals surface area contributed by atoms with E-state index in [1.807, 2.05) is 16.7 Å². The van der Waals surface area contributed by atoms with Crippen LogP contribution in [0.2, 0.25) is 0 Å². The molecule has 1 aliphatic carbocycles. The standard InChI is InChI=1S/C13H16N4OS/c1-18-13(5-3-6-13)9-17-11(15-16-12(17)19)10-4-2-7-14-8-10/h2,4,7-8H,3,5-6,9H2,1H3,(H,16,19). The summed E-state index contributed by atoms with van der Waals surface area (Å²) in [6.45, 7) is 0.739. The zero-order valence-electron chi connectivity index (χ0n) is 10.8. The third kappa shape index (κ3) is 2.21. The van der Waals surface area contributed by atoms with Crippen LogP contribution in [0.4, 0.5) is 0 Å². The molecule has 0 bridgehead atoms. The van der Waals surface area contributed by atoms with E-state index < -0.39 is 0 Å². The Balaban J connectivity index is 1.98. The Labute approximate surface area is 116 Å². The highest BCUT2D eigenvalue weighted by molar-refractivity contribution is 7.71. The van der Waals surface area contributed by atoms with Crippen molar-refractivity contribution in [2.75, 3.05) is 7.11 Å². The molecule has 100 valence electrons. The largest absolute Gasteiger partial charge is 0.376 e. The number of hydrogen-bond acceptors (Lipinski definition) is 4. The summed E-state index contributed by atoms with van der Waals surface area (Å²) in [5, 5.41) is 7.18. The molecule has 5 nitrogen and oxygen atoms in total. The predicted molar refractivity (Wildman–Crippen MR) is 74.2 cm³/mol. The van der Waals surface area contributed by atoms with Gasteiger partial charge >= 0.3 is 0 Å². The van der Waals surface area contributed by atoms with Crippen molar-refractivity contribution < 1.29 is 4.74 Å². The number of rotatable bonds is 4. The lowest BCUT2D eigenvalue weighted by Gasteiger charge is -2.40. The summed E-state index contributed by atoms with van der Waals surface area (Å²) in [4.78, 5) is 4.13. The van der Waals surface area contributed by atoms with Gasteiger partial charge in [-0.25, -0.2) is 0 Å². The van der Waals surface area contributed by atoms with Crippen molar-refractivity contribution in [1.82, 2.24) is 19.7 Å². The zero-order valence-corrected chi connectivity index (χ0v) is 11.6. The van der Waals surface area contributed by atoms with Gasteiger partial charge < -0.3 is 4.74 Å². The number of aromatic amines is 1. The van der Waals surface area contributed by atoms with Gasteiger partial charge in [0, 0.05) is 25.1 Å². The van der Waals surface area contributed by atoms with Gasteiger partial charge in [0.15, 0.2) is 10.6 Å². The summed E-state index contributed by atoms with van der Waals surface area (Å²) in [7, 11) is 1.77. The van der Waals surface area contributed by atoms with Gasteiger partial charge in [0.1, 0.15) is 0 Å². The van der Waals surface area contributed by atoms with Crippen LogP contribution in [0.25, 0.3) is 11.4 Å². The van der Waals surface area contributed by atoms with Gasteiger partial charge in [-0.3, -0.25) is 14.6 Å². The summed E-state index contributed by atoms with van der Waals surface area (Å²) in [6, 6.07) is 3.88. The Morgan fingerprint density at radius 2 is 2.37 bits per heavy atom. The maximum Gasteiger partial charge on any atom is 0.195 e. The van der Waals surface area contributed by atoms with Crippen molar-refractivity contribution in [3.8, 4) is 11.4 Å². The van der Waals surface area contributed by atoms with E-state index in [1.165, 1.54) is 6.42 Å². The summed E-state index contributed by atoms with van der Waals surface area (Å²) in [6.07, 6.45) is 6.90. The molecule has 1 N–H and O–H groups in total. The molecule has 0 aromatic carbocycles. The number of H-pyrrole nitrogens is 1. The molecule has 2 aromatic rings. The highest BCUT2D eigenvalue weighted by Gasteiger charge is 2.38. The fourth-order valence-electron chi connectivity index (χ4n) is 2.47. The molecule has 0 atom stereocenters. The molecule has 0 amide bonds. The second-order valence-electron chi connectivity index (χ2n) is 4.92. The molecule has 1 fully saturated rings. The van der Waals surface area contributed by atoms with E-state index in [4.69, 9.17) is 17.0 Å². The fourth-order valence-corrected chi connectivity index (χ4v) is 2.66. The molecular weight excluding hydrogens is 260 g/mol. The van der Waals surface area contributed by atoms with Crippen LogP contribution in [-0.2, 0) is 11.3 Å². The molecule has 6 heteroatoms. The van der Waals surface area contributed by atoms with Crippen LogP contribution in [0.15, 0.2) is 24.5 Å². The normalized spacial score (nSPS) is 17.1. The average molecular weight is 276 g/mol. The first kappa shape index (κ1) is 12.5. The van der Waals surface area contributed by atoms with Gasteiger partial charge in [0.05, 0.1) is 12.1 Å². The Bertz CT molecular complexity index is 610. The molecule has 2 aromatic heterocycles. The number of methoxy groups -OCH3 is 1. The molecule has 0 saturated heterocycles. The number of hydrogen-bond donors (Lipinski definition) is 1. The van der Waals surface area contributed by atoms with E-state index in [0.717, 1.165) is 30.8 Å². The molecule has 0 unspecified atom stereocenters. The lowest BCUT2D eigenvalue weighted by molar-refractivity contribution is -0.0835. The molecule has 19 heavy (non-hydrogen) atoms. The molecule has 1 aliphatic rings. The maximum absolute atomic E-state index is 5.67. The Hall–Kier alpha value is -1.53. The van der Waals surface area contributed by atoms with Gasteiger partial charge in [-0.05, 0) is 43.6 Å². The Kier molecular flexibility index (Phi) is 3.20. The zero-order chi connectivity index (χ0) is 13.3. The van der Waals surface area contributed by atoms with Crippen LogP contribution in [-0.4, -0.2) is 32.5 Å². The minimum Gasteiger partial charge on any atom is -0.376 e. The number of nitrogens with one attached hydrogen (secondary N) is 1. The van der Waals surface area contributed by atoms with Crippen LogP contribution in [0, 0.1) is 4.77 Å². The van der Waals surface area contributed by atoms with Gasteiger partial charge in [-0.2, -0.15) is 5.10 Å². The molecule has 0 radical (unpaired) electrons. The third-order valence-electron chi connectivity index (χ3n) is 3.82. The second kappa shape index (κ2) is 4.86. The molecule has 0 spiro atoms. The molecule has 0 aliphatic heterocycles. The van der Waals surface area contributed by atoms with E-state index in [0.29, 0.717) is 4.77 Å². The van der Waals surface area contributed by atoms with Crippen LogP contribution in [0.3, 0.4) is 0 Å². The van der Waals surface area contributed by atoms with E-state index >= 15 is 0 Å². The Morgan fingerprint density at radius 3 is 2.95 bits per heavy atom. The topological polar surface area (TPSA) is 55.7 Å². The summed E-state index contributed by atoms with van der Waals surface area (Å²) in [5.74, 6) is 0.821. The van der Waals surface area contributed by atoms with Crippen molar-refractivity contribution in [1.29, 1.82) is 0 Å². The molecular formula is C13H16N4OS. The first-order valence-electron chi connectivity index (χ1n) is 6.35. The highest BCUT2D eigenvalue weighted by Crippen LogP contribution is 2.37. The van der Waals surface area contributed by atoms with Crippen molar-refractivity contribution in [2.45, 2.75) is 31.4 Å². The van der Waals surface area contributed by atoms with Crippen LogP contribution >= 0.6 is 12.2 Å². The van der Waals surface area contributed by atoms with E-state index in [-0.39, 0.29) is 5.60 Å². The number of aromatic nitrogens is 4. The first-order chi connectivity index (χ1) is 9.24. The molecule has 1 saturated carbocycles. The maximum atomic E-state index is 5.67. The summed E-state index contributed by atoms with van der Waals surface area (Å²) >= 11 is 5.33. The van der Waals surface area contributed by atoms with Gasteiger partial charge in [-0.1, -0.05) is 0 Å². The fraction of sp³-hybridized carbons (Fsp3) is 0.462. The summed E-state index contributed by atoms with van der Waals surface area (Å²) in [5.41, 5.74) is 0.874. The van der Waals surface area contributed by atoms with E-state index in [9.17, 15) is 0 Å². The smallest absolute Gasteiger partial charge is 0.195 e. The lowest BCUT2D eigenvalue weighted by Crippen LogP contribution is -2.43. The summed E-state index contributed by atoms with van der Waals surface area (Å²) < 4.78 is 8.30. The van der Waals surface area contributed by atoms with Gasteiger partial charge in [0.2, 0.25) is 0 Å². The number of pyridine rings is 1. The van der Waals surface area contributed by atoms with Crippen molar-refractivity contribution in [3.63, 3.8) is 0 Å². The highest BCUT2D eigenvalue weighted by atomic mass is 32.1. The van der Waals surface area contributed by atoms with E-state index in [1.54, 1.807) is 19.5 Å². The number of ether oxygens (including phenoxy) is 1. The van der Waals surface area contributed by atoms with Crippen molar-refractivity contribution in [2.24, 2.45) is 0 Å². The monoisotopic (exact) mass is 276 g/mol. The average Bonchev–Trinajstić information content (AvgIpc) is 2.76. The Morgan fingerprint density at radius 1 is 1.53 bits per heavy atom. The minimum atomic E-state index is -0.0843. The van der Waals surface area contributed by atoms with Crippen LogP contribution in [0.1, 0.15) is 19.3 Å². The number of nitrogens with zero attached hydrogens (tertiary/aromatic N) is 3. The van der Waals surface area contributed by atoms with Gasteiger partial charge in [0.25, 0.3) is 0 Å². The lowest BCUT2D eigenvalue weighted by atomic mass is 9.80. The quantitative estimate of drug-likeness (QED) is 0.872. The van der Waals surface area contributed by atoms with Gasteiger partial charge in [-0.15, -0.1) is 0 Å². The van der Waals surface area contributed by atoms with E-state index in [2.05, 4.69) is 15.2 Å². The third-order valence-corrected chi connectivity index (χ3v) is 4.13. The molecule has 3 rings (SSSR count). The SMILES string of the molecule is COC1(Cn2c(-c3cccnc3)n[nH]c2=S)CCC1. The van der Waals surface area contributed by atoms with Crippen LogP contribution < -0.4 is 0 Å². The predicted octanol–water partition coefficient (Wildman–Crippen LogP) is 2.57. The minimum absolute atomic E-state index is 0.0843. The second-order valence-corrected chi connectivity index (χ2v) is 5.31. The van der Waals surface area contributed by atoms with Crippen molar-refractivity contribution in [3.05, 3.63) is 29.3 Å². The van der Waals surface area contributed by atoms with Crippen molar-refractivity contribution >= 4 is 12.2 Å². The molecule has 2 heterocycles.